The fourth-order valence-corrected chi connectivity index (χ4v) is 4.08. The Morgan fingerprint density at radius 1 is 1.21 bits per heavy atom. The van der Waals surface area contributed by atoms with Gasteiger partial charge in [-0.1, -0.05) is 50.6 Å². The van der Waals surface area contributed by atoms with Crippen molar-refractivity contribution in [1.29, 1.82) is 0 Å². The Morgan fingerprint density at radius 2 is 1.88 bits per heavy atom. The van der Waals surface area contributed by atoms with Gasteiger partial charge in [0.2, 0.25) is 5.91 Å². The first-order chi connectivity index (χ1) is 11.5. The predicted octanol–water partition coefficient (Wildman–Crippen LogP) is 3.39. The quantitative estimate of drug-likeness (QED) is 0.870. The van der Waals surface area contributed by atoms with E-state index in [0.717, 1.165) is 24.8 Å². The number of amides is 1. The summed E-state index contributed by atoms with van der Waals surface area (Å²) in [6.07, 6.45) is 3.15. The second-order valence-electron chi connectivity index (χ2n) is 7.46. The summed E-state index contributed by atoms with van der Waals surface area (Å²) in [5.74, 6) is -0.337. The number of likely N-dealkylation sites (tertiary alicyclic amines) is 1. The highest BCUT2D eigenvalue weighted by molar-refractivity contribution is 5.85. The topological polar surface area (TPSA) is 57.6 Å². The van der Waals surface area contributed by atoms with E-state index in [9.17, 15) is 14.7 Å². The second kappa shape index (κ2) is 6.96. The average molecular weight is 329 g/mol. The number of hydrogen-bond donors (Lipinski definition) is 1. The maximum Gasteiger partial charge on any atom is 0.308 e. The van der Waals surface area contributed by atoms with Gasteiger partial charge >= 0.3 is 5.97 Å². The molecule has 3 rings (SSSR count). The van der Waals surface area contributed by atoms with Gasteiger partial charge in [-0.2, -0.15) is 0 Å². The van der Waals surface area contributed by atoms with Crippen LogP contribution in [0, 0.1) is 23.7 Å². The van der Waals surface area contributed by atoms with Gasteiger partial charge in [0.05, 0.1) is 11.8 Å². The number of benzene rings is 1. The molecule has 2 fully saturated rings. The SMILES string of the molecule is CCC(C)C(C(=O)N1C[C@H](C(=O)O)[C@@H](C2CC2)C1)c1ccccc1. The monoisotopic (exact) mass is 329 g/mol. The van der Waals surface area contributed by atoms with Crippen LogP contribution in [0.5, 0.6) is 0 Å². The van der Waals surface area contributed by atoms with E-state index in [1.54, 1.807) is 0 Å². The first kappa shape index (κ1) is 17.0. The second-order valence-corrected chi connectivity index (χ2v) is 7.46. The molecule has 1 aromatic rings. The molecule has 1 aliphatic heterocycles. The molecule has 130 valence electrons. The maximum absolute atomic E-state index is 13.2. The molecule has 1 aromatic carbocycles. The summed E-state index contributed by atoms with van der Waals surface area (Å²) in [5, 5.41) is 9.53. The van der Waals surface area contributed by atoms with Crippen LogP contribution < -0.4 is 0 Å². The lowest BCUT2D eigenvalue weighted by Gasteiger charge is -2.28. The molecule has 0 aromatic heterocycles. The Labute approximate surface area is 143 Å². The normalized spacial score (nSPS) is 26.2. The van der Waals surface area contributed by atoms with Crippen LogP contribution in [0.4, 0.5) is 0 Å². The molecule has 1 N–H and O–H groups in total. The summed E-state index contributed by atoms with van der Waals surface area (Å²) in [7, 11) is 0. The van der Waals surface area contributed by atoms with E-state index < -0.39 is 11.9 Å². The van der Waals surface area contributed by atoms with Gasteiger partial charge in [0.1, 0.15) is 0 Å². The molecule has 1 heterocycles. The highest BCUT2D eigenvalue weighted by atomic mass is 16.4. The molecule has 0 radical (unpaired) electrons. The fraction of sp³-hybridized carbons (Fsp3) is 0.600. The minimum Gasteiger partial charge on any atom is -0.481 e. The van der Waals surface area contributed by atoms with E-state index in [1.165, 1.54) is 0 Å². The highest BCUT2D eigenvalue weighted by Crippen LogP contribution is 2.45. The average Bonchev–Trinajstić information content (AvgIpc) is 3.33. The van der Waals surface area contributed by atoms with Crippen molar-refractivity contribution in [3.63, 3.8) is 0 Å². The maximum atomic E-state index is 13.2. The fourth-order valence-electron chi connectivity index (χ4n) is 4.08. The molecule has 4 atom stereocenters. The molecule has 1 aliphatic carbocycles. The molecule has 4 heteroatoms. The van der Waals surface area contributed by atoms with Crippen LogP contribution in [-0.2, 0) is 9.59 Å². The summed E-state index contributed by atoms with van der Waals surface area (Å²) in [5.41, 5.74) is 1.04. The molecule has 1 saturated heterocycles. The molecule has 2 aliphatic rings. The number of hydrogen-bond acceptors (Lipinski definition) is 2. The summed E-state index contributed by atoms with van der Waals surface area (Å²) < 4.78 is 0. The zero-order valence-electron chi connectivity index (χ0n) is 14.5. The van der Waals surface area contributed by atoms with Crippen LogP contribution >= 0.6 is 0 Å². The lowest BCUT2D eigenvalue weighted by Crippen LogP contribution is -2.36. The summed E-state index contributed by atoms with van der Waals surface area (Å²) in [4.78, 5) is 26.7. The van der Waals surface area contributed by atoms with Crippen molar-refractivity contribution in [2.75, 3.05) is 13.1 Å². The van der Waals surface area contributed by atoms with Gasteiger partial charge in [-0.15, -0.1) is 0 Å². The number of carboxylic acids is 1. The molecular formula is C20H27NO3. The molecule has 4 nitrogen and oxygen atoms in total. The van der Waals surface area contributed by atoms with Gasteiger partial charge in [0.25, 0.3) is 0 Å². The standard InChI is InChI=1S/C20H27NO3/c1-3-13(2)18(15-7-5-4-6-8-15)19(22)21-11-16(14-9-10-14)17(12-21)20(23)24/h4-8,13-14,16-18H,3,9-12H2,1-2H3,(H,23,24)/t13?,16-,17+,18?/m1/s1. The zero-order chi connectivity index (χ0) is 17.3. The number of rotatable bonds is 6. The smallest absolute Gasteiger partial charge is 0.308 e. The summed E-state index contributed by atoms with van der Waals surface area (Å²) >= 11 is 0. The zero-order valence-corrected chi connectivity index (χ0v) is 14.5. The van der Waals surface area contributed by atoms with Gasteiger partial charge in [0.15, 0.2) is 0 Å². The molecule has 1 saturated carbocycles. The summed E-state index contributed by atoms with van der Waals surface area (Å²) in [6.45, 7) is 5.19. The van der Waals surface area contributed by atoms with Crippen molar-refractivity contribution in [1.82, 2.24) is 4.90 Å². The van der Waals surface area contributed by atoms with E-state index in [0.29, 0.717) is 19.0 Å². The molecule has 2 unspecified atom stereocenters. The van der Waals surface area contributed by atoms with Gasteiger partial charge in [-0.25, -0.2) is 0 Å². The van der Waals surface area contributed by atoms with Crippen molar-refractivity contribution in [2.24, 2.45) is 23.7 Å². The van der Waals surface area contributed by atoms with Crippen molar-refractivity contribution in [3.05, 3.63) is 35.9 Å². The Bertz CT molecular complexity index is 596. The van der Waals surface area contributed by atoms with Crippen LogP contribution in [0.2, 0.25) is 0 Å². The molecule has 24 heavy (non-hydrogen) atoms. The highest BCUT2D eigenvalue weighted by Gasteiger charge is 2.48. The lowest BCUT2D eigenvalue weighted by molar-refractivity contribution is -0.142. The molecule has 0 spiro atoms. The van der Waals surface area contributed by atoms with Crippen molar-refractivity contribution in [2.45, 2.75) is 39.0 Å². The number of carbonyl (C=O) groups excluding carboxylic acids is 1. The number of carboxylic acid groups (broad SMARTS) is 1. The predicted molar refractivity (Wildman–Crippen MR) is 92.6 cm³/mol. The number of nitrogens with zero attached hydrogens (tertiary/aromatic N) is 1. The van der Waals surface area contributed by atoms with Gasteiger partial charge in [-0.3, -0.25) is 9.59 Å². The van der Waals surface area contributed by atoms with E-state index >= 15 is 0 Å². The summed E-state index contributed by atoms with van der Waals surface area (Å²) in [6, 6.07) is 9.92. The van der Waals surface area contributed by atoms with Crippen molar-refractivity contribution in [3.8, 4) is 0 Å². The van der Waals surface area contributed by atoms with Crippen molar-refractivity contribution >= 4 is 11.9 Å². The van der Waals surface area contributed by atoms with Crippen LogP contribution in [0.25, 0.3) is 0 Å². The van der Waals surface area contributed by atoms with E-state index in [1.807, 2.05) is 35.2 Å². The van der Waals surface area contributed by atoms with Crippen LogP contribution in [-0.4, -0.2) is 35.0 Å². The number of aliphatic carboxylic acids is 1. The van der Waals surface area contributed by atoms with Gasteiger partial charge in [-0.05, 0) is 36.2 Å². The third-order valence-electron chi connectivity index (χ3n) is 5.86. The Kier molecular flexibility index (Phi) is 4.93. The van der Waals surface area contributed by atoms with Crippen LogP contribution in [0.15, 0.2) is 30.3 Å². The van der Waals surface area contributed by atoms with E-state index in [-0.39, 0.29) is 23.7 Å². The van der Waals surface area contributed by atoms with Gasteiger partial charge < -0.3 is 10.0 Å². The van der Waals surface area contributed by atoms with Crippen LogP contribution in [0.1, 0.15) is 44.6 Å². The minimum atomic E-state index is -0.748. The third-order valence-corrected chi connectivity index (χ3v) is 5.86. The van der Waals surface area contributed by atoms with Crippen LogP contribution in [0.3, 0.4) is 0 Å². The Balaban J connectivity index is 1.81. The molecular weight excluding hydrogens is 302 g/mol. The molecule has 0 bridgehead atoms. The first-order valence-corrected chi connectivity index (χ1v) is 9.09. The van der Waals surface area contributed by atoms with E-state index in [2.05, 4.69) is 13.8 Å². The van der Waals surface area contributed by atoms with Crippen molar-refractivity contribution < 1.29 is 14.7 Å². The van der Waals surface area contributed by atoms with E-state index in [4.69, 9.17) is 0 Å². The number of carbonyl (C=O) groups is 2. The Morgan fingerprint density at radius 3 is 2.42 bits per heavy atom. The van der Waals surface area contributed by atoms with Gasteiger partial charge in [0, 0.05) is 13.1 Å². The molecule has 1 amide bonds. The Hall–Kier alpha value is -1.84. The largest absolute Gasteiger partial charge is 0.481 e. The minimum absolute atomic E-state index is 0.102. The lowest BCUT2D eigenvalue weighted by atomic mass is 9.84. The third kappa shape index (κ3) is 3.33. The first-order valence-electron chi connectivity index (χ1n) is 9.09.